The number of aliphatic carboxylic acids is 1. The van der Waals surface area contributed by atoms with Gasteiger partial charge in [0.2, 0.25) is 29.5 Å². The number of aliphatic hydroxyl groups excluding tert-OH is 1. The van der Waals surface area contributed by atoms with Crippen molar-refractivity contribution in [1.29, 1.82) is 0 Å². The number of hydrogen-bond acceptors (Lipinski definition) is 10. The van der Waals surface area contributed by atoms with Gasteiger partial charge in [0.05, 0.1) is 6.61 Å². The maximum atomic E-state index is 13.9. The SMILES string of the molecule is CCC(C)C(NC(=O)C1CCCN1C(=O)C(N)CO)C(=O)NC(CCCN=C(N)N)C(=O)NC(CCCN=C(N)N)C(=O)N1CCCC1C(=O)O. The summed E-state index contributed by atoms with van der Waals surface area (Å²) >= 11 is 0. The summed E-state index contributed by atoms with van der Waals surface area (Å²) in [5.41, 5.74) is 27.4. The van der Waals surface area contributed by atoms with Crippen LogP contribution in [0.5, 0.6) is 0 Å². The highest BCUT2D eigenvalue weighted by atomic mass is 16.4. The van der Waals surface area contributed by atoms with Gasteiger partial charge in [0.25, 0.3) is 0 Å². The van der Waals surface area contributed by atoms with Gasteiger partial charge in [-0.1, -0.05) is 20.3 Å². The molecule has 20 nitrogen and oxygen atoms in total. The van der Waals surface area contributed by atoms with Crippen LogP contribution < -0.4 is 44.6 Å². The zero-order valence-corrected chi connectivity index (χ0v) is 29.5. The number of rotatable bonds is 20. The largest absolute Gasteiger partial charge is 0.480 e. The van der Waals surface area contributed by atoms with Crippen LogP contribution in [0.4, 0.5) is 0 Å². The van der Waals surface area contributed by atoms with E-state index >= 15 is 0 Å². The first kappa shape index (κ1) is 42.4. The number of nitrogens with one attached hydrogen (secondary N) is 3. The zero-order valence-electron chi connectivity index (χ0n) is 29.5. The summed E-state index contributed by atoms with van der Waals surface area (Å²) in [5, 5.41) is 27.2. The lowest BCUT2D eigenvalue weighted by Crippen LogP contribution is -2.60. The molecule has 5 amide bonds. The Morgan fingerprint density at radius 3 is 1.80 bits per heavy atom. The Bertz CT molecular complexity index is 1290. The molecule has 0 aromatic heterocycles. The molecule has 0 aromatic carbocycles. The fourth-order valence-electron chi connectivity index (χ4n) is 6.10. The Balaban J connectivity index is 2.32. The number of carbonyl (C=O) groups is 6. The van der Waals surface area contributed by atoms with Crippen molar-refractivity contribution in [2.75, 3.05) is 32.8 Å². The second-order valence-corrected chi connectivity index (χ2v) is 12.9. The van der Waals surface area contributed by atoms with Crippen molar-refractivity contribution in [3.05, 3.63) is 0 Å². The molecule has 288 valence electrons. The van der Waals surface area contributed by atoms with Crippen molar-refractivity contribution < 1.29 is 39.0 Å². The van der Waals surface area contributed by atoms with Gasteiger partial charge in [-0.3, -0.25) is 34.0 Å². The van der Waals surface area contributed by atoms with Gasteiger partial charge in [-0.05, 0) is 57.3 Å². The number of aliphatic imine (C=N–C) groups is 2. The Morgan fingerprint density at radius 2 is 1.29 bits per heavy atom. The van der Waals surface area contributed by atoms with Crippen LogP contribution in [0.15, 0.2) is 9.98 Å². The number of guanidine groups is 2. The molecule has 2 heterocycles. The van der Waals surface area contributed by atoms with E-state index < -0.39 is 84.3 Å². The van der Waals surface area contributed by atoms with E-state index in [9.17, 15) is 39.0 Å². The highest BCUT2D eigenvalue weighted by Gasteiger charge is 2.40. The molecular weight excluding hydrogens is 668 g/mol. The molecule has 2 saturated heterocycles. The van der Waals surface area contributed by atoms with Crippen LogP contribution in [-0.2, 0) is 28.8 Å². The van der Waals surface area contributed by atoms with Crippen LogP contribution in [0, 0.1) is 5.92 Å². The van der Waals surface area contributed by atoms with Gasteiger partial charge in [0, 0.05) is 26.2 Å². The second kappa shape index (κ2) is 20.8. The van der Waals surface area contributed by atoms with E-state index in [0.29, 0.717) is 25.7 Å². The van der Waals surface area contributed by atoms with Crippen molar-refractivity contribution >= 4 is 47.4 Å². The predicted octanol–water partition coefficient (Wildman–Crippen LogP) is -4.02. The molecular formula is C31H56N12O8. The number of nitrogens with two attached hydrogens (primary N) is 5. The number of nitrogens with zero attached hydrogens (tertiary/aromatic N) is 4. The Kier molecular flexibility index (Phi) is 17.3. The highest BCUT2D eigenvalue weighted by molar-refractivity contribution is 5.96. The molecule has 51 heavy (non-hydrogen) atoms. The van der Waals surface area contributed by atoms with Crippen LogP contribution in [0.3, 0.4) is 0 Å². The number of likely N-dealkylation sites (tertiary alicyclic amines) is 2. The minimum Gasteiger partial charge on any atom is -0.480 e. The van der Waals surface area contributed by atoms with E-state index in [1.807, 2.05) is 6.92 Å². The molecule has 2 aliphatic rings. The topological polar surface area (TPSA) is 340 Å². The fraction of sp³-hybridized carbons (Fsp3) is 0.742. The lowest BCUT2D eigenvalue weighted by molar-refractivity contribution is -0.149. The molecule has 2 rings (SSSR count). The van der Waals surface area contributed by atoms with Crippen molar-refractivity contribution in [3.8, 4) is 0 Å². The Labute approximate surface area is 297 Å². The summed E-state index contributed by atoms with van der Waals surface area (Å²) in [5.74, 6) is -5.03. The molecule has 0 radical (unpaired) electrons. The smallest absolute Gasteiger partial charge is 0.326 e. The minimum absolute atomic E-state index is 0.0376. The van der Waals surface area contributed by atoms with Gasteiger partial charge in [0.1, 0.15) is 36.3 Å². The van der Waals surface area contributed by atoms with E-state index in [0.717, 1.165) is 0 Å². The van der Waals surface area contributed by atoms with E-state index in [1.165, 1.54) is 9.80 Å². The number of aliphatic hydroxyl groups is 1. The number of carbonyl (C=O) groups excluding carboxylic acids is 5. The maximum absolute atomic E-state index is 13.9. The second-order valence-electron chi connectivity index (χ2n) is 12.9. The van der Waals surface area contributed by atoms with Crippen LogP contribution in [0.25, 0.3) is 0 Å². The zero-order chi connectivity index (χ0) is 38.2. The predicted molar refractivity (Wildman–Crippen MR) is 187 cm³/mol. The third-order valence-corrected chi connectivity index (χ3v) is 9.10. The summed E-state index contributed by atoms with van der Waals surface area (Å²) < 4.78 is 0. The first-order chi connectivity index (χ1) is 24.1. The molecule has 0 aliphatic carbocycles. The quantitative estimate of drug-likeness (QED) is 0.0325. The van der Waals surface area contributed by atoms with Gasteiger partial charge in [-0.15, -0.1) is 0 Å². The molecule has 0 saturated carbocycles. The van der Waals surface area contributed by atoms with Crippen molar-refractivity contribution in [2.24, 2.45) is 44.6 Å². The molecule has 2 fully saturated rings. The third-order valence-electron chi connectivity index (χ3n) is 9.10. The third kappa shape index (κ3) is 12.8. The van der Waals surface area contributed by atoms with Crippen LogP contribution in [0.2, 0.25) is 0 Å². The van der Waals surface area contributed by atoms with E-state index in [1.54, 1.807) is 6.92 Å². The molecule has 0 bridgehead atoms. The van der Waals surface area contributed by atoms with Crippen LogP contribution in [-0.4, -0.2) is 136 Å². The van der Waals surface area contributed by atoms with E-state index in [-0.39, 0.29) is 70.2 Å². The lowest BCUT2D eigenvalue weighted by atomic mass is 9.96. The molecule has 15 N–H and O–H groups in total. The highest BCUT2D eigenvalue weighted by Crippen LogP contribution is 2.21. The van der Waals surface area contributed by atoms with Gasteiger partial charge >= 0.3 is 5.97 Å². The van der Waals surface area contributed by atoms with Gasteiger partial charge in [-0.25, -0.2) is 4.79 Å². The summed E-state index contributed by atoms with van der Waals surface area (Å²) in [6.07, 6.45) is 2.69. The number of amides is 5. The first-order valence-corrected chi connectivity index (χ1v) is 17.3. The molecule has 2 aliphatic heterocycles. The summed E-state index contributed by atoms with van der Waals surface area (Å²) in [4.78, 5) is 89.8. The average molecular weight is 725 g/mol. The molecule has 0 spiro atoms. The number of carboxylic acids is 1. The van der Waals surface area contributed by atoms with Gasteiger partial charge in [0.15, 0.2) is 11.9 Å². The Morgan fingerprint density at radius 1 is 0.784 bits per heavy atom. The van der Waals surface area contributed by atoms with Crippen LogP contribution >= 0.6 is 0 Å². The lowest BCUT2D eigenvalue weighted by Gasteiger charge is -2.31. The summed E-state index contributed by atoms with van der Waals surface area (Å²) in [7, 11) is 0. The average Bonchev–Trinajstić information content (AvgIpc) is 3.79. The van der Waals surface area contributed by atoms with Crippen molar-refractivity contribution in [2.45, 2.75) is 108 Å². The van der Waals surface area contributed by atoms with Crippen LogP contribution in [0.1, 0.15) is 71.6 Å². The standard InChI is InChI=1S/C31H56N12O8/c1-3-17(2)23(41-25(46)21-10-6-14-42(21)27(48)18(32)16-44)26(47)39-19(8-4-12-37-30(33)34)24(45)40-20(9-5-13-38-31(35)36)28(49)43-15-7-11-22(43)29(50)51/h17-23,44H,3-16,32H2,1-2H3,(H,39,47)(H,40,45)(H,41,46)(H,50,51)(H4,33,34,37)(H4,35,36,38). The normalized spacial score (nSPS) is 19.9. The molecule has 20 heteroatoms. The molecule has 0 aromatic rings. The molecule has 7 atom stereocenters. The minimum atomic E-state index is -1.22. The summed E-state index contributed by atoms with van der Waals surface area (Å²) in [6.45, 7) is 3.72. The van der Waals surface area contributed by atoms with Gasteiger partial charge < -0.3 is 64.6 Å². The molecule has 7 unspecified atom stereocenters. The van der Waals surface area contributed by atoms with Gasteiger partial charge in [-0.2, -0.15) is 0 Å². The first-order valence-electron chi connectivity index (χ1n) is 17.3. The van der Waals surface area contributed by atoms with Crippen molar-refractivity contribution in [1.82, 2.24) is 25.8 Å². The Hall–Kier alpha value is -4.72. The van der Waals surface area contributed by atoms with Crippen molar-refractivity contribution in [3.63, 3.8) is 0 Å². The fourth-order valence-corrected chi connectivity index (χ4v) is 6.10. The number of carboxylic acid groups (broad SMARTS) is 1. The summed E-state index contributed by atoms with van der Waals surface area (Å²) in [6, 6.07) is -6.63. The van der Waals surface area contributed by atoms with E-state index in [2.05, 4.69) is 25.9 Å². The monoisotopic (exact) mass is 724 g/mol. The maximum Gasteiger partial charge on any atom is 0.326 e. The van der Waals surface area contributed by atoms with E-state index in [4.69, 9.17) is 28.7 Å². The number of hydrogen-bond donors (Lipinski definition) is 10.